The second-order valence-electron chi connectivity index (χ2n) is 7.37. The first-order valence-electron chi connectivity index (χ1n) is 9.74. The highest BCUT2D eigenvalue weighted by Crippen LogP contribution is 2.34. The third-order valence-electron chi connectivity index (χ3n) is 4.82. The van der Waals surface area contributed by atoms with Gasteiger partial charge in [-0.25, -0.2) is 4.79 Å². The van der Waals surface area contributed by atoms with Gasteiger partial charge < -0.3 is 25.8 Å². The Morgan fingerprint density at radius 2 is 1.66 bits per heavy atom. The van der Waals surface area contributed by atoms with Crippen LogP contribution in [0.5, 0.6) is 11.5 Å². The molecule has 7 heteroatoms. The van der Waals surface area contributed by atoms with Crippen molar-refractivity contribution >= 4 is 11.9 Å². The van der Waals surface area contributed by atoms with E-state index in [1.165, 1.54) is 0 Å². The summed E-state index contributed by atoms with van der Waals surface area (Å²) in [5.41, 5.74) is 7.07. The SMILES string of the molecule is CC(C)[C@H](NC(=O)C[C@H](NC(N)=O)c1ccccc1)c1ccc2c(c1)OCCO2. The van der Waals surface area contributed by atoms with Crippen LogP contribution in [0.25, 0.3) is 0 Å². The van der Waals surface area contributed by atoms with E-state index in [0.29, 0.717) is 24.7 Å². The third kappa shape index (κ3) is 5.40. The van der Waals surface area contributed by atoms with E-state index in [2.05, 4.69) is 10.6 Å². The quantitative estimate of drug-likeness (QED) is 0.668. The van der Waals surface area contributed by atoms with Gasteiger partial charge in [0.25, 0.3) is 0 Å². The molecule has 0 unspecified atom stereocenters. The summed E-state index contributed by atoms with van der Waals surface area (Å²) in [4.78, 5) is 24.2. The van der Waals surface area contributed by atoms with Crippen LogP contribution in [0, 0.1) is 5.92 Å². The number of hydrogen-bond acceptors (Lipinski definition) is 4. The predicted octanol–water partition coefficient (Wildman–Crippen LogP) is 3.07. The zero-order valence-electron chi connectivity index (χ0n) is 16.7. The fraction of sp³-hybridized carbons (Fsp3) is 0.364. The molecular weight excluding hydrogens is 370 g/mol. The summed E-state index contributed by atoms with van der Waals surface area (Å²) in [6.07, 6.45) is 0.0841. The van der Waals surface area contributed by atoms with Crippen LogP contribution in [0.15, 0.2) is 48.5 Å². The Morgan fingerprint density at radius 3 is 2.31 bits per heavy atom. The highest BCUT2D eigenvalue weighted by Gasteiger charge is 2.24. The number of urea groups is 1. The van der Waals surface area contributed by atoms with Crippen molar-refractivity contribution in [3.63, 3.8) is 0 Å². The Bertz CT molecular complexity index is 854. The van der Waals surface area contributed by atoms with Crippen LogP contribution in [0.1, 0.15) is 43.5 Å². The summed E-state index contributed by atoms with van der Waals surface area (Å²) in [6, 6.07) is 13.6. The van der Waals surface area contributed by atoms with Crippen LogP contribution in [0.4, 0.5) is 4.79 Å². The van der Waals surface area contributed by atoms with Gasteiger partial charge in [-0.15, -0.1) is 0 Å². The van der Waals surface area contributed by atoms with Gasteiger partial charge in [0.1, 0.15) is 13.2 Å². The number of primary amides is 1. The number of carbonyl (C=O) groups excluding carboxylic acids is 2. The maximum atomic E-state index is 12.8. The molecule has 3 rings (SSSR count). The Hall–Kier alpha value is -3.22. The molecule has 0 radical (unpaired) electrons. The molecule has 0 bridgehead atoms. The smallest absolute Gasteiger partial charge is 0.312 e. The zero-order valence-corrected chi connectivity index (χ0v) is 16.7. The van der Waals surface area contributed by atoms with E-state index in [0.717, 1.165) is 11.1 Å². The molecule has 0 saturated heterocycles. The minimum Gasteiger partial charge on any atom is -0.486 e. The van der Waals surface area contributed by atoms with E-state index >= 15 is 0 Å². The maximum absolute atomic E-state index is 12.8. The second kappa shape index (κ2) is 9.32. The van der Waals surface area contributed by atoms with Crippen molar-refractivity contribution in [1.82, 2.24) is 10.6 Å². The second-order valence-corrected chi connectivity index (χ2v) is 7.37. The summed E-state index contributed by atoms with van der Waals surface area (Å²) in [5, 5.41) is 5.74. The standard InChI is InChI=1S/C22H27N3O4/c1-14(2)21(16-8-9-18-19(12-16)29-11-10-28-18)25-20(26)13-17(24-22(23)27)15-6-4-3-5-7-15/h3-9,12,14,17,21H,10-11,13H2,1-2H3,(H,25,26)(H3,23,24,27)/t17-,21-/m0/s1. The molecular formula is C22H27N3O4. The van der Waals surface area contributed by atoms with Gasteiger partial charge in [0.2, 0.25) is 5.91 Å². The lowest BCUT2D eigenvalue weighted by Crippen LogP contribution is -2.38. The molecule has 0 fully saturated rings. The lowest BCUT2D eigenvalue weighted by atomic mass is 9.94. The zero-order chi connectivity index (χ0) is 20.8. The highest BCUT2D eigenvalue weighted by atomic mass is 16.6. The Balaban J connectivity index is 1.74. The van der Waals surface area contributed by atoms with Crippen LogP contribution >= 0.6 is 0 Å². The predicted molar refractivity (Wildman–Crippen MR) is 110 cm³/mol. The molecule has 1 heterocycles. The van der Waals surface area contributed by atoms with Crippen molar-refractivity contribution in [2.45, 2.75) is 32.4 Å². The molecule has 0 aliphatic carbocycles. The molecule has 2 atom stereocenters. The van der Waals surface area contributed by atoms with Crippen molar-refractivity contribution in [3.05, 3.63) is 59.7 Å². The number of benzene rings is 2. The fourth-order valence-corrected chi connectivity index (χ4v) is 3.42. The number of nitrogens with one attached hydrogen (secondary N) is 2. The van der Waals surface area contributed by atoms with E-state index in [1.807, 2.05) is 62.4 Å². The van der Waals surface area contributed by atoms with Crippen molar-refractivity contribution in [2.24, 2.45) is 11.7 Å². The maximum Gasteiger partial charge on any atom is 0.312 e. The van der Waals surface area contributed by atoms with Gasteiger partial charge >= 0.3 is 6.03 Å². The first-order valence-corrected chi connectivity index (χ1v) is 9.74. The largest absolute Gasteiger partial charge is 0.486 e. The van der Waals surface area contributed by atoms with Crippen molar-refractivity contribution < 1.29 is 19.1 Å². The van der Waals surface area contributed by atoms with Crippen molar-refractivity contribution in [2.75, 3.05) is 13.2 Å². The van der Waals surface area contributed by atoms with Gasteiger partial charge in [-0.3, -0.25) is 4.79 Å². The number of nitrogens with two attached hydrogens (primary N) is 1. The molecule has 0 spiro atoms. The first kappa shape index (κ1) is 20.5. The molecule has 3 amide bonds. The van der Waals surface area contributed by atoms with Crippen molar-refractivity contribution in [3.8, 4) is 11.5 Å². The molecule has 1 aliphatic heterocycles. The van der Waals surface area contributed by atoms with Gasteiger partial charge in [0, 0.05) is 0 Å². The normalized spacial score (nSPS) is 14.7. The van der Waals surface area contributed by atoms with Crippen LogP contribution in [0.2, 0.25) is 0 Å². The average molecular weight is 397 g/mol. The van der Waals surface area contributed by atoms with Gasteiger partial charge in [-0.2, -0.15) is 0 Å². The molecule has 2 aromatic rings. The van der Waals surface area contributed by atoms with Crippen LogP contribution in [0.3, 0.4) is 0 Å². The number of fused-ring (bicyclic) bond motifs is 1. The van der Waals surface area contributed by atoms with E-state index in [9.17, 15) is 9.59 Å². The molecule has 4 N–H and O–H groups in total. The molecule has 7 nitrogen and oxygen atoms in total. The van der Waals surface area contributed by atoms with E-state index in [-0.39, 0.29) is 24.3 Å². The van der Waals surface area contributed by atoms with E-state index < -0.39 is 12.1 Å². The average Bonchev–Trinajstić information content (AvgIpc) is 2.71. The number of rotatable bonds is 7. The monoisotopic (exact) mass is 397 g/mol. The lowest BCUT2D eigenvalue weighted by Gasteiger charge is -2.26. The summed E-state index contributed by atoms with van der Waals surface area (Å²) < 4.78 is 11.2. The third-order valence-corrected chi connectivity index (χ3v) is 4.82. The molecule has 154 valence electrons. The number of hydrogen-bond donors (Lipinski definition) is 3. The molecule has 1 aliphatic rings. The van der Waals surface area contributed by atoms with Gasteiger partial charge in [0.15, 0.2) is 11.5 Å². The van der Waals surface area contributed by atoms with Gasteiger partial charge in [0.05, 0.1) is 18.5 Å². The van der Waals surface area contributed by atoms with Crippen LogP contribution in [-0.2, 0) is 4.79 Å². The molecule has 2 aromatic carbocycles. The number of amides is 3. The van der Waals surface area contributed by atoms with E-state index in [1.54, 1.807) is 0 Å². The Labute approximate surface area is 170 Å². The summed E-state index contributed by atoms with van der Waals surface area (Å²) in [5.74, 6) is 1.37. The van der Waals surface area contributed by atoms with Crippen LogP contribution in [-0.4, -0.2) is 25.2 Å². The minimum absolute atomic E-state index is 0.0841. The van der Waals surface area contributed by atoms with Crippen LogP contribution < -0.4 is 25.8 Å². The van der Waals surface area contributed by atoms with Gasteiger partial charge in [-0.05, 0) is 29.2 Å². The first-order chi connectivity index (χ1) is 13.9. The minimum atomic E-state index is -0.668. The summed E-state index contributed by atoms with van der Waals surface area (Å²) in [6.45, 7) is 5.12. The van der Waals surface area contributed by atoms with Gasteiger partial charge in [-0.1, -0.05) is 50.2 Å². The fourth-order valence-electron chi connectivity index (χ4n) is 3.42. The lowest BCUT2D eigenvalue weighted by molar-refractivity contribution is -0.122. The molecule has 0 aromatic heterocycles. The van der Waals surface area contributed by atoms with Crippen molar-refractivity contribution in [1.29, 1.82) is 0 Å². The number of carbonyl (C=O) groups is 2. The molecule has 0 saturated carbocycles. The Kier molecular flexibility index (Phi) is 6.59. The number of ether oxygens (including phenoxy) is 2. The summed E-state index contributed by atoms with van der Waals surface area (Å²) in [7, 11) is 0. The Morgan fingerprint density at radius 1 is 0.966 bits per heavy atom. The highest BCUT2D eigenvalue weighted by molar-refractivity contribution is 5.79. The molecule has 29 heavy (non-hydrogen) atoms. The summed E-state index contributed by atoms with van der Waals surface area (Å²) >= 11 is 0. The topological polar surface area (TPSA) is 103 Å². The van der Waals surface area contributed by atoms with E-state index in [4.69, 9.17) is 15.2 Å².